The van der Waals surface area contributed by atoms with Crippen LogP contribution in [0.5, 0.6) is 0 Å². The zero-order valence-electron chi connectivity index (χ0n) is 7.81. The van der Waals surface area contributed by atoms with Gasteiger partial charge in [0.05, 0.1) is 6.61 Å². The Labute approximate surface area is 92.2 Å². The molecule has 78 valence electrons. The number of halogens is 1. The topological polar surface area (TPSA) is 76.1 Å². The highest BCUT2D eigenvalue weighted by Gasteiger charge is 2.14. The first kappa shape index (κ1) is 11.5. The van der Waals surface area contributed by atoms with Crippen molar-refractivity contribution in [3.05, 3.63) is 34.9 Å². The lowest BCUT2D eigenvalue weighted by molar-refractivity contribution is -0.126. The summed E-state index contributed by atoms with van der Waals surface area (Å²) in [6.45, 7) is 0.0842. The second-order valence-electron chi connectivity index (χ2n) is 2.81. The predicted octanol–water partition coefficient (Wildman–Crippen LogP) is 1.23. The van der Waals surface area contributed by atoms with Gasteiger partial charge in [-0.15, -0.1) is 0 Å². The van der Waals surface area contributed by atoms with Crippen molar-refractivity contribution in [1.82, 2.24) is 0 Å². The Morgan fingerprint density at radius 1 is 1.60 bits per heavy atom. The highest BCUT2D eigenvalue weighted by Crippen LogP contribution is 2.16. The van der Waals surface area contributed by atoms with Gasteiger partial charge in [0.2, 0.25) is 6.10 Å². The number of carbonyl (C=O) groups is 1. The normalized spacial score (nSPS) is 11.7. The van der Waals surface area contributed by atoms with E-state index in [-0.39, 0.29) is 6.61 Å². The van der Waals surface area contributed by atoms with Crippen LogP contribution in [0.25, 0.3) is 0 Å². The second kappa shape index (κ2) is 5.35. The number of nitriles is 1. The number of nitrogens with zero attached hydrogens (tertiary/aromatic N) is 1. The molecule has 0 aliphatic rings. The third kappa shape index (κ3) is 3.24. The first-order valence-corrected chi connectivity index (χ1v) is 4.57. The summed E-state index contributed by atoms with van der Waals surface area (Å²) in [4.78, 5) is 10.7. The lowest BCUT2D eigenvalue weighted by Crippen LogP contribution is -2.29. The molecule has 2 N–H and O–H groups in total. The van der Waals surface area contributed by atoms with Gasteiger partial charge in [0.25, 0.3) is 5.91 Å². The molecule has 0 aromatic heterocycles. The minimum absolute atomic E-state index is 0.0842. The van der Waals surface area contributed by atoms with Crippen LogP contribution in [0.15, 0.2) is 24.3 Å². The van der Waals surface area contributed by atoms with Crippen LogP contribution in [0.1, 0.15) is 5.56 Å². The van der Waals surface area contributed by atoms with Crippen LogP contribution in [-0.4, -0.2) is 12.0 Å². The van der Waals surface area contributed by atoms with Crippen LogP contribution < -0.4 is 5.73 Å². The van der Waals surface area contributed by atoms with Crippen molar-refractivity contribution in [2.75, 3.05) is 0 Å². The fourth-order valence-electron chi connectivity index (χ4n) is 0.972. The van der Waals surface area contributed by atoms with Crippen molar-refractivity contribution >= 4 is 17.5 Å². The number of amides is 1. The molecule has 0 fully saturated rings. The summed E-state index contributed by atoms with van der Waals surface area (Å²) in [5.41, 5.74) is 5.64. The quantitative estimate of drug-likeness (QED) is 0.836. The van der Waals surface area contributed by atoms with Crippen LogP contribution >= 0.6 is 11.6 Å². The monoisotopic (exact) mass is 224 g/mol. The maximum absolute atomic E-state index is 10.7. The third-order valence-corrected chi connectivity index (χ3v) is 2.11. The first-order chi connectivity index (χ1) is 7.15. The Balaban J connectivity index is 2.61. The van der Waals surface area contributed by atoms with Crippen LogP contribution in [0, 0.1) is 11.3 Å². The summed E-state index contributed by atoms with van der Waals surface area (Å²) in [5, 5.41) is 9.06. The van der Waals surface area contributed by atoms with E-state index in [1.807, 2.05) is 0 Å². The van der Waals surface area contributed by atoms with Crippen molar-refractivity contribution in [2.24, 2.45) is 5.73 Å². The van der Waals surface area contributed by atoms with E-state index in [0.29, 0.717) is 10.6 Å². The van der Waals surface area contributed by atoms with E-state index < -0.39 is 12.0 Å². The zero-order valence-corrected chi connectivity index (χ0v) is 8.57. The first-order valence-electron chi connectivity index (χ1n) is 4.19. The summed E-state index contributed by atoms with van der Waals surface area (Å²) >= 11 is 5.85. The predicted molar refractivity (Wildman–Crippen MR) is 54.8 cm³/mol. The van der Waals surface area contributed by atoms with Gasteiger partial charge in [-0.1, -0.05) is 29.8 Å². The summed E-state index contributed by atoms with van der Waals surface area (Å²) in [6, 6.07) is 8.67. The Morgan fingerprint density at radius 3 is 2.80 bits per heavy atom. The van der Waals surface area contributed by atoms with E-state index >= 15 is 0 Å². The van der Waals surface area contributed by atoms with Crippen LogP contribution in [-0.2, 0) is 16.1 Å². The molecule has 1 rings (SSSR count). The Hall–Kier alpha value is -1.57. The minimum Gasteiger partial charge on any atom is -0.366 e. The summed E-state index contributed by atoms with van der Waals surface area (Å²) in [5.74, 6) is -0.801. The molecule has 1 aromatic rings. The van der Waals surface area contributed by atoms with Gasteiger partial charge in [-0.25, -0.2) is 0 Å². The molecule has 0 radical (unpaired) electrons. The van der Waals surface area contributed by atoms with Crippen LogP contribution in [0.2, 0.25) is 5.02 Å². The molecule has 1 unspecified atom stereocenters. The number of hydrogen-bond donors (Lipinski definition) is 1. The van der Waals surface area contributed by atoms with Gasteiger partial charge >= 0.3 is 0 Å². The molecule has 15 heavy (non-hydrogen) atoms. The van der Waals surface area contributed by atoms with Gasteiger partial charge in [0.1, 0.15) is 6.07 Å². The van der Waals surface area contributed by atoms with Gasteiger partial charge in [-0.05, 0) is 11.6 Å². The molecule has 0 aliphatic carbocycles. The van der Waals surface area contributed by atoms with E-state index in [1.165, 1.54) is 0 Å². The van der Waals surface area contributed by atoms with Crippen LogP contribution in [0.3, 0.4) is 0 Å². The minimum atomic E-state index is -1.23. The second-order valence-corrected chi connectivity index (χ2v) is 3.22. The largest absolute Gasteiger partial charge is 0.366 e. The summed E-state index contributed by atoms with van der Waals surface area (Å²) in [6.07, 6.45) is -1.23. The molecule has 5 heteroatoms. The van der Waals surface area contributed by atoms with E-state index in [0.717, 1.165) is 0 Å². The molecule has 0 heterocycles. The Bertz CT molecular complexity index is 401. The fraction of sp³-hybridized carbons (Fsp3) is 0.200. The van der Waals surface area contributed by atoms with Gasteiger partial charge in [-0.3, -0.25) is 4.79 Å². The molecule has 0 saturated carbocycles. The number of rotatable bonds is 4. The van der Waals surface area contributed by atoms with E-state index in [4.69, 9.17) is 27.3 Å². The lowest BCUT2D eigenvalue weighted by Gasteiger charge is -2.07. The van der Waals surface area contributed by atoms with Crippen molar-refractivity contribution in [3.63, 3.8) is 0 Å². The maximum Gasteiger partial charge on any atom is 0.261 e. The number of benzene rings is 1. The van der Waals surface area contributed by atoms with Crippen molar-refractivity contribution in [2.45, 2.75) is 12.7 Å². The van der Waals surface area contributed by atoms with Gasteiger partial charge in [0, 0.05) is 5.02 Å². The average molecular weight is 225 g/mol. The highest BCUT2D eigenvalue weighted by molar-refractivity contribution is 6.31. The Morgan fingerprint density at radius 2 is 2.27 bits per heavy atom. The van der Waals surface area contributed by atoms with E-state index in [2.05, 4.69) is 0 Å². The van der Waals surface area contributed by atoms with Gasteiger partial charge in [0.15, 0.2) is 0 Å². The highest BCUT2D eigenvalue weighted by atomic mass is 35.5. The smallest absolute Gasteiger partial charge is 0.261 e. The molecule has 1 atom stereocenters. The number of hydrogen-bond acceptors (Lipinski definition) is 3. The molecular weight excluding hydrogens is 216 g/mol. The zero-order chi connectivity index (χ0) is 11.3. The molecular formula is C10H9ClN2O2. The van der Waals surface area contributed by atoms with Crippen LogP contribution in [0.4, 0.5) is 0 Å². The van der Waals surface area contributed by atoms with Crippen molar-refractivity contribution in [1.29, 1.82) is 5.26 Å². The maximum atomic E-state index is 10.7. The van der Waals surface area contributed by atoms with Crippen molar-refractivity contribution in [3.8, 4) is 6.07 Å². The molecule has 0 bridgehead atoms. The van der Waals surface area contributed by atoms with Gasteiger partial charge < -0.3 is 10.5 Å². The molecule has 0 aliphatic heterocycles. The lowest BCUT2D eigenvalue weighted by atomic mass is 10.2. The molecule has 4 nitrogen and oxygen atoms in total. The SMILES string of the molecule is N#CC(OCc1ccccc1Cl)C(N)=O. The molecule has 0 spiro atoms. The molecule has 0 saturated heterocycles. The number of nitrogens with two attached hydrogens (primary N) is 1. The number of primary amides is 1. The Kier molecular flexibility index (Phi) is 4.10. The van der Waals surface area contributed by atoms with Crippen molar-refractivity contribution < 1.29 is 9.53 Å². The molecule has 1 aromatic carbocycles. The third-order valence-electron chi connectivity index (χ3n) is 1.74. The fourth-order valence-corrected chi connectivity index (χ4v) is 1.16. The average Bonchev–Trinajstić information content (AvgIpc) is 2.21. The number of ether oxygens (including phenoxy) is 1. The van der Waals surface area contributed by atoms with Gasteiger partial charge in [-0.2, -0.15) is 5.26 Å². The van der Waals surface area contributed by atoms with E-state index in [1.54, 1.807) is 30.3 Å². The molecule has 1 amide bonds. The summed E-state index contributed by atoms with van der Waals surface area (Å²) < 4.78 is 5.00. The summed E-state index contributed by atoms with van der Waals surface area (Å²) in [7, 11) is 0. The standard InChI is InChI=1S/C10H9ClN2O2/c11-8-4-2-1-3-7(8)6-15-9(5-12)10(13)14/h1-4,9H,6H2,(H2,13,14). The number of carbonyl (C=O) groups excluding carboxylic acids is 1. The van der Waals surface area contributed by atoms with E-state index in [9.17, 15) is 4.79 Å².